The molecule has 1 N–H and O–H groups in total. The number of hydrogen-bond acceptors (Lipinski definition) is 7. The molecule has 0 aliphatic rings. The summed E-state index contributed by atoms with van der Waals surface area (Å²) in [7, 11) is 1.47. The van der Waals surface area contributed by atoms with Crippen molar-refractivity contribution in [2.24, 2.45) is 5.10 Å². The summed E-state index contributed by atoms with van der Waals surface area (Å²) in [5.74, 6) is 0.905. The zero-order chi connectivity index (χ0) is 27.5. The topological polar surface area (TPSA) is 95.5 Å². The first-order chi connectivity index (χ1) is 19.1. The lowest BCUT2D eigenvalue weighted by Gasteiger charge is -2.10. The summed E-state index contributed by atoms with van der Waals surface area (Å²) >= 11 is 0. The molecule has 4 aromatic carbocycles. The number of hydrazone groups is 1. The number of nitrogens with zero attached hydrogens (tertiary/aromatic N) is 1. The molecule has 1 amide bonds. The third-order valence-electron chi connectivity index (χ3n) is 5.53. The highest BCUT2D eigenvalue weighted by Gasteiger charge is 2.13. The Morgan fingerprint density at radius 1 is 0.795 bits per heavy atom. The molecule has 0 aliphatic carbocycles. The SMILES string of the molecule is CCOc1ccc(C(=O)Oc2ccc(C=NNC(=O)COc3ccc(-c4ccccc4)cc3)cc2OC)cc1. The van der Waals surface area contributed by atoms with Crippen LogP contribution in [0.3, 0.4) is 0 Å². The Morgan fingerprint density at radius 2 is 1.46 bits per heavy atom. The Kier molecular flexibility index (Phi) is 9.28. The molecule has 4 aromatic rings. The van der Waals surface area contributed by atoms with Crippen LogP contribution in [-0.4, -0.2) is 38.4 Å². The van der Waals surface area contributed by atoms with Crippen molar-refractivity contribution in [3.8, 4) is 34.1 Å². The molecule has 0 saturated carbocycles. The first-order valence-electron chi connectivity index (χ1n) is 12.3. The number of carbonyl (C=O) groups is 2. The van der Waals surface area contributed by atoms with Crippen LogP contribution in [0.4, 0.5) is 0 Å². The summed E-state index contributed by atoms with van der Waals surface area (Å²) in [5, 5.41) is 3.96. The molecule has 4 rings (SSSR count). The van der Waals surface area contributed by atoms with E-state index in [4.69, 9.17) is 18.9 Å². The van der Waals surface area contributed by atoms with Gasteiger partial charge in [0.2, 0.25) is 0 Å². The van der Waals surface area contributed by atoms with Gasteiger partial charge in [-0.15, -0.1) is 0 Å². The van der Waals surface area contributed by atoms with E-state index in [1.807, 2.05) is 61.5 Å². The van der Waals surface area contributed by atoms with E-state index in [-0.39, 0.29) is 12.4 Å². The predicted octanol–water partition coefficient (Wildman–Crippen LogP) is 5.51. The average Bonchev–Trinajstić information content (AvgIpc) is 2.98. The zero-order valence-corrected chi connectivity index (χ0v) is 21.6. The maximum Gasteiger partial charge on any atom is 0.343 e. The van der Waals surface area contributed by atoms with Gasteiger partial charge in [0, 0.05) is 0 Å². The molecule has 0 atom stereocenters. The lowest BCUT2D eigenvalue weighted by molar-refractivity contribution is -0.123. The van der Waals surface area contributed by atoms with Crippen molar-refractivity contribution in [3.05, 3.63) is 108 Å². The van der Waals surface area contributed by atoms with Crippen molar-refractivity contribution in [2.45, 2.75) is 6.92 Å². The Labute approximate surface area is 226 Å². The van der Waals surface area contributed by atoms with Crippen LogP contribution in [0, 0.1) is 0 Å². The predicted molar refractivity (Wildman–Crippen MR) is 149 cm³/mol. The van der Waals surface area contributed by atoms with Crippen LogP contribution in [0.5, 0.6) is 23.0 Å². The number of amides is 1. The van der Waals surface area contributed by atoms with Gasteiger partial charge in [0.1, 0.15) is 11.5 Å². The second-order valence-corrected chi connectivity index (χ2v) is 8.23. The Bertz CT molecular complexity index is 1420. The van der Waals surface area contributed by atoms with Gasteiger partial charge in [-0.05, 0) is 78.2 Å². The molecule has 0 fully saturated rings. The fourth-order valence-electron chi connectivity index (χ4n) is 3.60. The van der Waals surface area contributed by atoms with Crippen LogP contribution in [0.1, 0.15) is 22.8 Å². The Balaban J connectivity index is 1.27. The number of methoxy groups -OCH3 is 1. The monoisotopic (exact) mass is 524 g/mol. The van der Waals surface area contributed by atoms with Gasteiger partial charge in [-0.2, -0.15) is 5.10 Å². The van der Waals surface area contributed by atoms with Crippen LogP contribution in [0.25, 0.3) is 11.1 Å². The van der Waals surface area contributed by atoms with Crippen molar-refractivity contribution >= 4 is 18.1 Å². The number of esters is 1. The van der Waals surface area contributed by atoms with Gasteiger partial charge >= 0.3 is 5.97 Å². The Morgan fingerprint density at radius 3 is 2.15 bits per heavy atom. The minimum Gasteiger partial charge on any atom is -0.494 e. The normalized spacial score (nSPS) is 10.6. The van der Waals surface area contributed by atoms with Crippen LogP contribution < -0.4 is 24.4 Å². The highest BCUT2D eigenvalue weighted by molar-refractivity contribution is 5.92. The molecular formula is C31H28N2O6. The van der Waals surface area contributed by atoms with Crippen LogP contribution in [-0.2, 0) is 4.79 Å². The van der Waals surface area contributed by atoms with Crippen molar-refractivity contribution in [3.63, 3.8) is 0 Å². The smallest absolute Gasteiger partial charge is 0.343 e. The van der Waals surface area contributed by atoms with Crippen molar-refractivity contribution in [1.82, 2.24) is 5.43 Å². The van der Waals surface area contributed by atoms with E-state index in [0.29, 0.717) is 35.0 Å². The average molecular weight is 525 g/mol. The molecule has 8 heteroatoms. The van der Waals surface area contributed by atoms with E-state index in [9.17, 15) is 9.59 Å². The van der Waals surface area contributed by atoms with E-state index in [1.54, 1.807) is 42.5 Å². The van der Waals surface area contributed by atoms with Crippen molar-refractivity contribution < 1.29 is 28.5 Å². The molecule has 0 aromatic heterocycles. The summed E-state index contributed by atoms with van der Waals surface area (Å²) in [6, 6.07) is 29.1. The van der Waals surface area contributed by atoms with E-state index < -0.39 is 11.9 Å². The van der Waals surface area contributed by atoms with Crippen LogP contribution in [0.15, 0.2) is 102 Å². The first kappa shape index (κ1) is 26.9. The maximum atomic E-state index is 12.5. The Hall–Kier alpha value is -5.11. The number of benzene rings is 4. The number of rotatable bonds is 11. The van der Waals surface area contributed by atoms with Gasteiger partial charge in [-0.3, -0.25) is 4.79 Å². The van der Waals surface area contributed by atoms with Gasteiger partial charge < -0.3 is 18.9 Å². The minimum absolute atomic E-state index is 0.189. The van der Waals surface area contributed by atoms with Gasteiger partial charge in [-0.1, -0.05) is 42.5 Å². The third-order valence-corrected chi connectivity index (χ3v) is 5.53. The highest BCUT2D eigenvalue weighted by Crippen LogP contribution is 2.28. The second-order valence-electron chi connectivity index (χ2n) is 8.23. The summed E-state index contributed by atoms with van der Waals surface area (Å²) in [6.45, 7) is 2.24. The molecule has 0 heterocycles. The molecule has 198 valence electrons. The molecule has 0 aliphatic heterocycles. The van der Waals surface area contributed by atoms with E-state index in [0.717, 1.165) is 11.1 Å². The number of nitrogens with one attached hydrogen (secondary N) is 1. The maximum absolute atomic E-state index is 12.5. The lowest BCUT2D eigenvalue weighted by Crippen LogP contribution is -2.24. The number of hydrogen-bond donors (Lipinski definition) is 1. The van der Waals surface area contributed by atoms with Gasteiger partial charge in [-0.25, -0.2) is 10.2 Å². The highest BCUT2D eigenvalue weighted by atomic mass is 16.6. The van der Waals surface area contributed by atoms with Crippen molar-refractivity contribution in [1.29, 1.82) is 0 Å². The molecule has 0 bridgehead atoms. The molecule has 39 heavy (non-hydrogen) atoms. The summed E-state index contributed by atoms with van der Waals surface area (Å²) in [4.78, 5) is 24.7. The second kappa shape index (κ2) is 13.4. The molecule has 0 radical (unpaired) electrons. The van der Waals surface area contributed by atoms with E-state index >= 15 is 0 Å². The number of carbonyl (C=O) groups excluding carboxylic acids is 2. The molecular weight excluding hydrogens is 496 g/mol. The lowest BCUT2D eigenvalue weighted by atomic mass is 10.1. The molecule has 8 nitrogen and oxygen atoms in total. The fourth-order valence-corrected chi connectivity index (χ4v) is 3.60. The molecule has 0 saturated heterocycles. The number of ether oxygens (including phenoxy) is 4. The first-order valence-corrected chi connectivity index (χ1v) is 12.3. The quantitative estimate of drug-likeness (QED) is 0.120. The van der Waals surface area contributed by atoms with Crippen molar-refractivity contribution in [2.75, 3.05) is 20.3 Å². The van der Waals surface area contributed by atoms with Gasteiger partial charge in [0.05, 0.1) is 25.5 Å². The van der Waals surface area contributed by atoms with Crippen LogP contribution >= 0.6 is 0 Å². The van der Waals surface area contributed by atoms with E-state index in [2.05, 4.69) is 10.5 Å². The molecule has 0 spiro atoms. The van der Waals surface area contributed by atoms with Gasteiger partial charge in [0.25, 0.3) is 5.91 Å². The fraction of sp³-hybridized carbons (Fsp3) is 0.129. The van der Waals surface area contributed by atoms with Crippen LogP contribution in [0.2, 0.25) is 0 Å². The minimum atomic E-state index is -0.528. The summed E-state index contributed by atoms with van der Waals surface area (Å²) in [5.41, 5.74) is 5.60. The molecule has 0 unspecified atom stereocenters. The zero-order valence-electron chi connectivity index (χ0n) is 21.6. The van der Waals surface area contributed by atoms with Gasteiger partial charge in [0.15, 0.2) is 18.1 Å². The largest absolute Gasteiger partial charge is 0.494 e. The van der Waals surface area contributed by atoms with E-state index in [1.165, 1.54) is 13.3 Å². The standard InChI is InChI=1S/C31H28N2O6/c1-3-37-26-16-12-25(13-17-26)31(35)39-28-18-9-22(19-29(28)36-2)20-32-33-30(34)21-38-27-14-10-24(11-15-27)23-7-5-4-6-8-23/h4-20H,3,21H2,1-2H3,(H,33,34). The third kappa shape index (κ3) is 7.69. The summed E-state index contributed by atoms with van der Waals surface area (Å²) < 4.78 is 21.8. The summed E-state index contributed by atoms with van der Waals surface area (Å²) in [6.07, 6.45) is 1.45.